The highest BCUT2D eigenvalue weighted by atomic mass is 32.2. The Morgan fingerprint density at radius 2 is 1.55 bits per heavy atom. The van der Waals surface area contributed by atoms with Gasteiger partial charge in [0.15, 0.2) is 0 Å². The molecule has 0 aromatic heterocycles. The van der Waals surface area contributed by atoms with E-state index in [1.807, 2.05) is 20.8 Å². The van der Waals surface area contributed by atoms with Gasteiger partial charge in [-0.1, -0.05) is 32.6 Å². The molecule has 0 aliphatic rings. The lowest BCUT2D eigenvalue weighted by Gasteiger charge is -2.20. The third-order valence-corrected chi connectivity index (χ3v) is 4.25. The van der Waals surface area contributed by atoms with E-state index in [1.165, 1.54) is 0 Å². The predicted octanol–water partition coefficient (Wildman–Crippen LogP) is 2.85. The van der Waals surface area contributed by atoms with Gasteiger partial charge in [-0.2, -0.15) is 0 Å². The molecule has 6 heteroatoms. The van der Waals surface area contributed by atoms with Crippen LogP contribution in [0.25, 0.3) is 0 Å². The second-order valence-corrected chi connectivity index (χ2v) is 7.28. The first-order valence-corrected chi connectivity index (χ1v) is 8.87. The molecule has 0 spiro atoms. The Hall–Kier alpha value is -0.620. The van der Waals surface area contributed by atoms with Crippen LogP contribution in [-0.4, -0.2) is 31.3 Å². The Bertz CT molecular complexity index is 373. The van der Waals surface area contributed by atoms with Crippen molar-refractivity contribution in [2.45, 2.75) is 65.7 Å². The van der Waals surface area contributed by atoms with Crippen LogP contribution in [-0.2, 0) is 19.6 Å². The highest BCUT2D eigenvalue weighted by Crippen LogP contribution is 2.21. The molecule has 0 heterocycles. The summed E-state index contributed by atoms with van der Waals surface area (Å²) in [4.78, 5) is 11.7. The molecule has 0 N–H and O–H groups in total. The van der Waals surface area contributed by atoms with Crippen LogP contribution in [0, 0.1) is 5.41 Å². The Morgan fingerprint density at radius 3 is 2.05 bits per heavy atom. The van der Waals surface area contributed by atoms with Gasteiger partial charge in [0.1, 0.15) is 0 Å². The molecule has 0 amide bonds. The van der Waals surface area contributed by atoms with Gasteiger partial charge in [0, 0.05) is 5.75 Å². The normalized spacial score (nSPS) is 12.4. The monoisotopic (exact) mass is 307 g/mol. The molecule has 5 nitrogen and oxygen atoms in total. The van der Waals surface area contributed by atoms with E-state index in [9.17, 15) is 17.8 Å². The fourth-order valence-corrected chi connectivity index (χ4v) is 2.15. The second kappa shape index (κ2) is 9.34. The summed E-state index contributed by atoms with van der Waals surface area (Å²) in [5, 5.41) is 0. The topological polar surface area (TPSA) is 83.5 Å². The fourth-order valence-electron chi connectivity index (χ4n) is 1.59. The molecular weight excluding hydrogens is 280 g/mol. The molecule has 0 unspecified atom stereocenters. The van der Waals surface area contributed by atoms with Crippen LogP contribution in [0.3, 0.4) is 0 Å². The summed E-state index contributed by atoms with van der Waals surface area (Å²) in [6.45, 7) is 6.15. The van der Waals surface area contributed by atoms with Gasteiger partial charge in [-0.15, -0.1) is 0 Å². The lowest BCUT2D eigenvalue weighted by Crippen LogP contribution is -2.26. The number of unbranched alkanes of at least 4 members (excludes halogenated alkanes) is 5. The maximum Gasteiger partial charge on any atom is 0.311 e. The maximum atomic E-state index is 11.7. The van der Waals surface area contributed by atoms with Crippen molar-refractivity contribution in [1.82, 2.24) is 0 Å². The van der Waals surface area contributed by atoms with Gasteiger partial charge in [-0.25, -0.2) is 8.42 Å². The average molecular weight is 307 g/mol. The van der Waals surface area contributed by atoms with Gasteiger partial charge in [0.05, 0.1) is 22.1 Å². The Labute approximate surface area is 122 Å². The van der Waals surface area contributed by atoms with Crippen molar-refractivity contribution in [2.75, 3.05) is 12.4 Å². The zero-order valence-electron chi connectivity index (χ0n) is 12.8. The lowest BCUT2D eigenvalue weighted by atomic mass is 9.91. The van der Waals surface area contributed by atoms with E-state index in [0.717, 1.165) is 38.5 Å². The quantitative estimate of drug-likeness (QED) is 0.333. The minimum Gasteiger partial charge on any atom is -0.748 e. The molecule has 0 saturated carbocycles. The highest BCUT2D eigenvalue weighted by molar-refractivity contribution is 7.85. The summed E-state index contributed by atoms with van der Waals surface area (Å²) in [5.41, 5.74) is -0.413. The van der Waals surface area contributed by atoms with Crippen LogP contribution >= 0.6 is 0 Å². The summed E-state index contributed by atoms with van der Waals surface area (Å²) in [7, 11) is -4.06. The molecule has 0 bridgehead atoms. The molecule has 20 heavy (non-hydrogen) atoms. The first-order valence-electron chi connectivity index (χ1n) is 7.30. The van der Waals surface area contributed by atoms with Crippen LogP contribution in [0.4, 0.5) is 0 Å². The fraction of sp³-hybridized carbons (Fsp3) is 0.929. The number of hydrogen-bond donors (Lipinski definition) is 0. The van der Waals surface area contributed by atoms with Crippen LogP contribution in [0.1, 0.15) is 65.7 Å². The molecule has 0 fully saturated rings. The van der Waals surface area contributed by atoms with Crippen molar-refractivity contribution < 1.29 is 22.5 Å². The molecule has 0 aromatic rings. The van der Waals surface area contributed by atoms with Gasteiger partial charge in [-0.05, 0) is 33.1 Å². The van der Waals surface area contributed by atoms with Crippen molar-refractivity contribution in [1.29, 1.82) is 0 Å². The van der Waals surface area contributed by atoms with Gasteiger partial charge < -0.3 is 9.29 Å². The molecule has 0 rings (SSSR count). The molecular formula is C14H27O5S-. The van der Waals surface area contributed by atoms with Crippen LogP contribution in [0.5, 0.6) is 0 Å². The largest absolute Gasteiger partial charge is 0.748 e. The van der Waals surface area contributed by atoms with Crippen molar-refractivity contribution in [3.63, 3.8) is 0 Å². The van der Waals surface area contributed by atoms with Gasteiger partial charge in [0.25, 0.3) is 0 Å². The number of esters is 1. The number of carbonyl (C=O) groups is 1. The van der Waals surface area contributed by atoms with Crippen molar-refractivity contribution in [3.8, 4) is 0 Å². The Kier molecular flexibility index (Phi) is 9.05. The summed E-state index contributed by atoms with van der Waals surface area (Å²) < 4.78 is 36.3. The average Bonchev–Trinajstić information content (AvgIpc) is 2.35. The predicted molar refractivity (Wildman–Crippen MR) is 77.3 cm³/mol. The molecule has 0 radical (unpaired) electrons. The van der Waals surface area contributed by atoms with Crippen LogP contribution in [0.15, 0.2) is 0 Å². The Morgan fingerprint density at radius 1 is 1.05 bits per heavy atom. The van der Waals surface area contributed by atoms with E-state index in [2.05, 4.69) is 0 Å². The number of hydrogen-bond acceptors (Lipinski definition) is 5. The number of ether oxygens (including phenoxy) is 1. The first kappa shape index (κ1) is 19.4. The van der Waals surface area contributed by atoms with E-state index < -0.39 is 15.5 Å². The van der Waals surface area contributed by atoms with Crippen molar-refractivity contribution >= 4 is 16.1 Å². The van der Waals surface area contributed by atoms with Gasteiger partial charge in [0.2, 0.25) is 0 Å². The van der Waals surface area contributed by atoms with Crippen LogP contribution in [0.2, 0.25) is 0 Å². The van der Waals surface area contributed by atoms with Gasteiger partial charge >= 0.3 is 5.97 Å². The first-order chi connectivity index (χ1) is 9.19. The van der Waals surface area contributed by atoms with Crippen molar-refractivity contribution in [2.24, 2.45) is 5.41 Å². The second-order valence-electron chi connectivity index (χ2n) is 5.76. The highest BCUT2D eigenvalue weighted by Gasteiger charge is 2.26. The minimum atomic E-state index is -4.06. The summed E-state index contributed by atoms with van der Waals surface area (Å²) in [5.74, 6) is -0.419. The summed E-state index contributed by atoms with van der Waals surface area (Å²) in [6, 6.07) is 0. The molecule has 0 aliphatic heterocycles. The summed E-state index contributed by atoms with van der Waals surface area (Å²) >= 11 is 0. The molecule has 0 aliphatic carbocycles. The van der Waals surface area contributed by atoms with E-state index in [0.29, 0.717) is 13.0 Å². The van der Waals surface area contributed by atoms with E-state index in [4.69, 9.17) is 4.74 Å². The molecule has 0 atom stereocenters. The van der Waals surface area contributed by atoms with Gasteiger partial charge in [-0.3, -0.25) is 4.79 Å². The van der Waals surface area contributed by atoms with E-state index in [-0.39, 0.29) is 11.7 Å². The number of carbonyl (C=O) groups excluding carboxylic acids is 1. The standard InChI is InChI=1S/C14H28O5S/c1-4-14(2,3)13(15)19-11-9-7-5-6-8-10-12-20(16,17)18/h4-12H2,1-3H3,(H,16,17,18)/p-1. The third kappa shape index (κ3) is 10.2. The zero-order valence-corrected chi connectivity index (χ0v) is 13.6. The minimum absolute atomic E-state index is 0.152. The lowest BCUT2D eigenvalue weighted by molar-refractivity contribution is -0.154. The summed E-state index contributed by atoms with van der Waals surface area (Å²) in [6.07, 6.45) is 5.59. The number of rotatable bonds is 11. The maximum absolute atomic E-state index is 11.7. The SMILES string of the molecule is CCC(C)(C)C(=O)OCCCCCCCCS(=O)(=O)[O-]. The zero-order chi connectivity index (χ0) is 15.6. The molecule has 120 valence electrons. The van der Waals surface area contributed by atoms with E-state index in [1.54, 1.807) is 0 Å². The molecule has 0 aromatic carbocycles. The van der Waals surface area contributed by atoms with Crippen molar-refractivity contribution in [3.05, 3.63) is 0 Å². The third-order valence-electron chi connectivity index (χ3n) is 3.46. The smallest absolute Gasteiger partial charge is 0.311 e. The molecule has 0 saturated heterocycles. The Balaban J connectivity index is 3.44. The van der Waals surface area contributed by atoms with E-state index >= 15 is 0 Å². The van der Waals surface area contributed by atoms with Crippen LogP contribution < -0.4 is 0 Å².